The Morgan fingerprint density at radius 2 is 2.27 bits per heavy atom. The smallest absolute Gasteiger partial charge is 0.141 e. The molecule has 0 aromatic carbocycles. The Morgan fingerprint density at radius 1 is 1.47 bits per heavy atom. The molecule has 0 fully saturated rings. The Kier molecular flexibility index (Phi) is 5.00. The Labute approximate surface area is 88.3 Å². The summed E-state index contributed by atoms with van der Waals surface area (Å²) in [6.07, 6.45) is 1.16. The first-order valence-corrected chi connectivity index (χ1v) is 4.74. The highest BCUT2D eigenvalue weighted by Gasteiger charge is 2.06. The molecule has 0 atom stereocenters. The summed E-state index contributed by atoms with van der Waals surface area (Å²) in [5, 5.41) is 8.87. The number of ether oxygens (including phenoxy) is 1. The average molecular weight is 214 g/mol. The molecule has 0 aliphatic heterocycles. The molecule has 1 N–H and O–H groups in total. The fraction of sp³-hybridized carbons (Fsp3) is 0.500. The normalized spacial score (nSPS) is 10.3. The van der Waals surface area contributed by atoms with Gasteiger partial charge in [-0.25, -0.2) is 9.37 Å². The summed E-state index contributed by atoms with van der Waals surface area (Å²) < 4.78 is 17.6. The topological polar surface area (TPSA) is 45.6 Å². The molecule has 84 valence electrons. The molecule has 0 aliphatic carbocycles. The Morgan fingerprint density at radius 3 is 2.80 bits per heavy atom. The zero-order valence-electron chi connectivity index (χ0n) is 8.69. The first kappa shape index (κ1) is 11.9. The number of aromatic nitrogens is 1. The summed E-state index contributed by atoms with van der Waals surface area (Å²) in [6.45, 7) is 1.65. The molecule has 15 heavy (non-hydrogen) atoms. The van der Waals surface area contributed by atoms with E-state index in [4.69, 9.17) is 9.84 Å². The number of methoxy groups -OCH3 is 1. The average Bonchev–Trinajstić information content (AvgIpc) is 2.25. The number of pyridine rings is 1. The second kappa shape index (κ2) is 6.31. The van der Waals surface area contributed by atoms with Crippen molar-refractivity contribution in [1.82, 2.24) is 4.98 Å². The predicted octanol–water partition coefficient (Wildman–Crippen LogP) is 0.666. The largest absolute Gasteiger partial charge is 0.395 e. The van der Waals surface area contributed by atoms with Crippen molar-refractivity contribution in [2.45, 2.75) is 0 Å². The van der Waals surface area contributed by atoms with Crippen molar-refractivity contribution < 1.29 is 14.2 Å². The summed E-state index contributed by atoms with van der Waals surface area (Å²) in [4.78, 5) is 5.77. The van der Waals surface area contributed by atoms with E-state index < -0.39 is 0 Å². The molecular formula is C10H15FN2O2. The molecule has 0 amide bonds. The number of nitrogens with zero attached hydrogens (tertiary/aromatic N) is 2. The molecule has 1 aromatic rings. The van der Waals surface area contributed by atoms with Gasteiger partial charge in [0.15, 0.2) is 0 Å². The van der Waals surface area contributed by atoms with E-state index in [1.165, 1.54) is 6.07 Å². The molecule has 5 heteroatoms. The van der Waals surface area contributed by atoms with Gasteiger partial charge in [-0.15, -0.1) is 0 Å². The van der Waals surface area contributed by atoms with Gasteiger partial charge in [-0.05, 0) is 12.1 Å². The number of hydrogen-bond acceptors (Lipinski definition) is 4. The lowest BCUT2D eigenvalue weighted by atomic mass is 10.4. The highest BCUT2D eigenvalue weighted by Crippen LogP contribution is 2.09. The summed E-state index contributed by atoms with van der Waals surface area (Å²) in [5.41, 5.74) is 0. The third kappa shape index (κ3) is 3.81. The zero-order chi connectivity index (χ0) is 11.1. The lowest BCUT2D eigenvalue weighted by Gasteiger charge is -2.22. The number of anilines is 1. The van der Waals surface area contributed by atoms with E-state index in [-0.39, 0.29) is 12.4 Å². The monoisotopic (exact) mass is 214 g/mol. The molecule has 4 nitrogen and oxygen atoms in total. The molecule has 1 aromatic heterocycles. The highest BCUT2D eigenvalue weighted by molar-refractivity contribution is 5.37. The van der Waals surface area contributed by atoms with Gasteiger partial charge in [0.2, 0.25) is 0 Å². The lowest BCUT2D eigenvalue weighted by Crippen LogP contribution is -2.30. The van der Waals surface area contributed by atoms with Crippen molar-refractivity contribution in [2.24, 2.45) is 0 Å². The van der Waals surface area contributed by atoms with Crippen LogP contribution >= 0.6 is 0 Å². The molecule has 0 saturated carbocycles. The molecular weight excluding hydrogens is 199 g/mol. The lowest BCUT2D eigenvalue weighted by molar-refractivity contribution is 0.202. The predicted molar refractivity (Wildman–Crippen MR) is 55.4 cm³/mol. The van der Waals surface area contributed by atoms with Gasteiger partial charge in [0.1, 0.15) is 11.6 Å². The molecule has 1 rings (SSSR count). The van der Waals surface area contributed by atoms with E-state index in [0.717, 1.165) is 6.20 Å². The molecule has 1 heterocycles. The second-order valence-corrected chi connectivity index (χ2v) is 3.04. The van der Waals surface area contributed by atoms with Crippen LogP contribution in [0.5, 0.6) is 0 Å². The van der Waals surface area contributed by atoms with Crippen LogP contribution in [-0.4, -0.2) is 43.5 Å². The van der Waals surface area contributed by atoms with Gasteiger partial charge in [0, 0.05) is 20.2 Å². The number of aliphatic hydroxyl groups excluding tert-OH is 1. The number of aliphatic hydroxyl groups is 1. The minimum atomic E-state index is -0.366. The third-order valence-electron chi connectivity index (χ3n) is 1.97. The maximum absolute atomic E-state index is 12.6. The summed E-state index contributed by atoms with van der Waals surface area (Å²) >= 11 is 0. The van der Waals surface area contributed by atoms with Crippen molar-refractivity contribution in [3.05, 3.63) is 24.1 Å². The third-order valence-corrected chi connectivity index (χ3v) is 1.97. The zero-order valence-corrected chi connectivity index (χ0v) is 8.69. The molecule has 0 bridgehead atoms. The SMILES string of the molecule is COCCN(CCO)c1ccc(F)cn1. The van der Waals surface area contributed by atoms with Crippen molar-refractivity contribution in [2.75, 3.05) is 38.3 Å². The van der Waals surface area contributed by atoms with Crippen LogP contribution in [0.3, 0.4) is 0 Å². The molecule has 0 spiro atoms. The molecule has 0 aliphatic rings. The maximum Gasteiger partial charge on any atom is 0.141 e. The Balaban J connectivity index is 2.65. The van der Waals surface area contributed by atoms with Gasteiger partial charge in [-0.3, -0.25) is 0 Å². The van der Waals surface area contributed by atoms with Crippen LogP contribution in [0, 0.1) is 5.82 Å². The van der Waals surface area contributed by atoms with Crippen LogP contribution < -0.4 is 4.90 Å². The number of halogens is 1. The van der Waals surface area contributed by atoms with Gasteiger partial charge in [0.05, 0.1) is 19.4 Å². The minimum absolute atomic E-state index is 0.0305. The van der Waals surface area contributed by atoms with Crippen LogP contribution in [0.2, 0.25) is 0 Å². The molecule has 0 radical (unpaired) electrons. The number of hydrogen-bond donors (Lipinski definition) is 1. The summed E-state index contributed by atoms with van der Waals surface area (Å²) in [6, 6.07) is 2.93. The van der Waals surface area contributed by atoms with Gasteiger partial charge in [-0.1, -0.05) is 0 Å². The van der Waals surface area contributed by atoms with E-state index in [0.29, 0.717) is 25.5 Å². The summed E-state index contributed by atoms with van der Waals surface area (Å²) in [7, 11) is 1.61. The van der Waals surface area contributed by atoms with E-state index >= 15 is 0 Å². The minimum Gasteiger partial charge on any atom is -0.395 e. The van der Waals surface area contributed by atoms with Crippen LogP contribution in [0.25, 0.3) is 0 Å². The van der Waals surface area contributed by atoms with E-state index in [9.17, 15) is 4.39 Å². The van der Waals surface area contributed by atoms with E-state index in [2.05, 4.69) is 4.98 Å². The fourth-order valence-electron chi connectivity index (χ4n) is 1.22. The molecule has 0 saturated heterocycles. The highest BCUT2D eigenvalue weighted by atomic mass is 19.1. The van der Waals surface area contributed by atoms with Crippen LogP contribution in [-0.2, 0) is 4.74 Å². The van der Waals surface area contributed by atoms with Crippen LogP contribution in [0.4, 0.5) is 10.2 Å². The molecule has 0 unspecified atom stereocenters. The van der Waals surface area contributed by atoms with Gasteiger partial charge >= 0.3 is 0 Å². The summed E-state index contributed by atoms with van der Waals surface area (Å²) in [5.74, 6) is 0.275. The van der Waals surface area contributed by atoms with E-state index in [1.54, 1.807) is 13.2 Å². The van der Waals surface area contributed by atoms with Gasteiger partial charge < -0.3 is 14.7 Å². The maximum atomic E-state index is 12.6. The number of rotatable bonds is 6. The first-order valence-electron chi connectivity index (χ1n) is 4.74. The van der Waals surface area contributed by atoms with Gasteiger partial charge in [0.25, 0.3) is 0 Å². The van der Waals surface area contributed by atoms with Crippen molar-refractivity contribution in [3.63, 3.8) is 0 Å². The van der Waals surface area contributed by atoms with Crippen molar-refractivity contribution in [3.8, 4) is 0 Å². The Bertz CT molecular complexity index is 279. The van der Waals surface area contributed by atoms with Gasteiger partial charge in [-0.2, -0.15) is 0 Å². The van der Waals surface area contributed by atoms with E-state index in [1.807, 2.05) is 4.90 Å². The standard InChI is InChI=1S/C10H15FN2O2/c1-15-7-5-13(4-6-14)10-3-2-9(11)8-12-10/h2-3,8,14H,4-7H2,1H3. The van der Waals surface area contributed by atoms with Crippen molar-refractivity contribution in [1.29, 1.82) is 0 Å². The van der Waals surface area contributed by atoms with Crippen molar-refractivity contribution >= 4 is 5.82 Å². The Hall–Kier alpha value is -1.20. The van der Waals surface area contributed by atoms with Crippen LogP contribution in [0.15, 0.2) is 18.3 Å². The fourth-order valence-corrected chi connectivity index (χ4v) is 1.22. The van der Waals surface area contributed by atoms with Crippen LogP contribution in [0.1, 0.15) is 0 Å². The first-order chi connectivity index (χ1) is 7.27. The second-order valence-electron chi connectivity index (χ2n) is 3.04. The quantitative estimate of drug-likeness (QED) is 0.756.